The van der Waals surface area contributed by atoms with E-state index in [0.29, 0.717) is 32.0 Å². The lowest BCUT2D eigenvalue weighted by Crippen LogP contribution is -2.47. The van der Waals surface area contributed by atoms with Crippen LogP contribution in [0.1, 0.15) is 37.3 Å². The predicted octanol–water partition coefficient (Wildman–Crippen LogP) is 5.19. The average Bonchev–Trinajstić information content (AvgIpc) is 2.89. The Morgan fingerprint density at radius 3 is 2.08 bits per heavy atom. The summed E-state index contributed by atoms with van der Waals surface area (Å²) in [6.07, 6.45) is -9.60. The SMILES string of the molecule is CC(C)C(CNc1ccc(OC(F)(F)F)cc1)NC(=O)C(CC(=O)N1CCOCC1)c1ccc(C(F)(F)F)cc1. The lowest BCUT2D eigenvalue weighted by molar-refractivity contribution is -0.274. The van der Waals surface area contributed by atoms with Gasteiger partial charge in [0.1, 0.15) is 5.75 Å². The topological polar surface area (TPSA) is 79.9 Å². The van der Waals surface area contributed by atoms with Crippen LogP contribution in [-0.4, -0.2) is 62.0 Å². The summed E-state index contributed by atoms with van der Waals surface area (Å²) >= 11 is 0. The smallest absolute Gasteiger partial charge is 0.406 e. The molecule has 0 radical (unpaired) electrons. The molecule has 0 saturated carbocycles. The fourth-order valence-corrected chi connectivity index (χ4v) is 4.12. The van der Waals surface area contributed by atoms with Gasteiger partial charge < -0.3 is 25.0 Å². The zero-order chi connectivity index (χ0) is 29.5. The third-order valence-corrected chi connectivity index (χ3v) is 6.45. The van der Waals surface area contributed by atoms with Crippen LogP contribution in [0.15, 0.2) is 48.5 Å². The maximum Gasteiger partial charge on any atom is 0.573 e. The summed E-state index contributed by atoms with van der Waals surface area (Å²) in [5, 5.41) is 5.94. The largest absolute Gasteiger partial charge is 0.573 e. The molecule has 1 saturated heterocycles. The Hall–Kier alpha value is -3.48. The van der Waals surface area contributed by atoms with Crippen LogP contribution in [0.4, 0.5) is 32.0 Å². The number of benzene rings is 2. The number of carbonyl (C=O) groups excluding carboxylic acids is 2. The molecule has 0 aromatic heterocycles. The molecule has 0 bridgehead atoms. The maximum absolute atomic E-state index is 13.5. The van der Waals surface area contributed by atoms with Crippen LogP contribution < -0.4 is 15.4 Å². The average molecular weight is 576 g/mol. The van der Waals surface area contributed by atoms with E-state index in [2.05, 4.69) is 15.4 Å². The minimum atomic E-state index is -4.81. The molecule has 0 aliphatic carbocycles. The first-order valence-electron chi connectivity index (χ1n) is 12.7. The summed E-state index contributed by atoms with van der Waals surface area (Å²) < 4.78 is 85.6. The van der Waals surface area contributed by atoms with Gasteiger partial charge in [0, 0.05) is 37.8 Å². The van der Waals surface area contributed by atoms with Gasteiger partial charge in [0.15, 0.2) is 0 Å². The number of nitrogens with one attached hydrogen (secondary N) is 2. The molecular weight excluding hydrogens is 544 g/mol. The first-order chi connectivity index (χ1) is 18.7. The molecule has 2 aromatic carbocycles. The second-order valence-corrected chi connectivity index (χ2v) is 9.68. The highest BCUT2D eigenvalue weighted by Crippen LogP contribution is 2.31. The molecule has 2 amide bonds. The molecule has 0 spiro atoms. The van der Waals surface area contributed by atoms with Gasteiger partial charge in [-0.15, -0.1) is 13.2 Å². The van der Waals surface area contributed by atoms with Gasteiger partial charge in [-0.2, -0.15) is 13.2 Å². The third kappa shape index (κ3) is 9.32. The van der Waals surface area contributed by atoms with Gasteiger partial charge in [0.2, 0.25) is 11.8 Å². The standard InChI is InChI=1S/C27H31F6N3O4/c1-17(2)23(16-34-20-7-9-21(10-8-20)40-27(31,32)33)35-25(38)22(15-24(37)36-11-13-39-14-12-36)18-3-5-19(6-4-18)26(28,29)30/h3-10,17,22-23,34H,11-16H2,1-2H3,(H,35,38). The molecular formula is C27H31F6N3O4. The number of nitrogens with zero attached hydrogens (tertiary/aromatic N) is 1. The van der Waals surface area contributed by atoms with Crippen molar-refractivity contribution < 1.29 is 45.4 Å². The molecule has 2 unspecified atom stereocenters. The Bertz CT molecular complexity index is 1120. The fraction of sp³-hybridized carbons (Fsp3) is 0.481. The van der Waals surface area contributed by atoms with Gasteiger partial charge >= 0.3 is 12.5 Å². The van der Waals surface area contributed by atoms with Crippen molar-refractivity contribution in [2.24, 2.45) is 5.92 Å². The van der Waals surface area contributed by atoms with Gasteiger partial charge in [-0.1, -0.05) is 26.0 Å². The van der Waals surface area contributed by atoms with Crippen LogP contribution in [0.5, 0.6) is 5.75 Å². The number of ether oxygens (including phenoxy) is 2. The van der Waals surface area contributed by atoms with Gasteiger partial charge in [-0.25, -0.2) is 0 Å². The minimum Gasteiger partial charge on any atom is -0.406 e. The first kappa shape index (κ1) is 31.1. The highest BCUT2D eigenvalue weighted by atomic mass is 19.4. The number of anilines is 1. The summed E-state index contributed by atoms with van der Waals surface area (Å²) in [5.41, 5.74) is -0.121. The van der Waals surface area contributed by atoms with Crippen LogP contribution in [0.25, 0.3) is 0 Å². The van der Waals surface area contributed by atoms with Crippen LogP contribution in [0.2, 0.25) is 0 Å². The Morgan fingerprint density at radius 2 is 1.55 bits per heavy atom. The molecule has 3 rings (SSSR count). The van der Waals surface area contributed by atoms with E-state index in [1.165, 1.54) is 24.3 Å². The molecule has 1 aliphatic heterocycles. The van der Waals surface area contributed by atoms with E-state index in [0.717, 1.165) is 24.3 Å². The van der Waals surface area contributed by atoms with Crippen molar-refractivity contribution in [2.75, 3.05) is 38.2 Å². The van der Waals surface area contributed by atoms with E-state index >= 15 is 0 Å². The third-order valence-electron chi connectivity index (χ3n) is 6.45. The number of amides is 2. The van der Waals surface area contributed by atoms with Crippen molar-refractivity contribution in [2.45, 2.75) is 44.8 Å². The van der Waals surface area contributed by atoms with E-state index in [1.807, 2.05) is 13.8 Å². The molecule has 1 aliphatic rings. The number of hydrogen-bond donors (Lipinski definition) is 2. The number of rotatable bonds is 10. The molecule has 1 heterocycles. The fourth-order valence-electron chi connectivity index (χ4n) is 4.12. The van der Waals surface area contributed by atoms with Crippen molar-refractivity contribution in [3.63, 3.8) is 0 Å². The molecule has 220 valence electrons. The highest BCUT2D eigenvalue weighted by molar-refractivity contribution is 5.90. The second kappa shape index (κ2) is 13.2. The molecule has 2 N–H and O–H groups in total. The number of carbonyl (C=O) groups is 2. The Labute approximate surface area is 227 Å². The highest BCUT2D eigenvalue weighted by Gasteiger charge is 2.33. The van der Waals surface area contributed by atoms with Crippen molar-refractivity contribution >= 4 is 17.5 Å². The summed E-state index contributed by atoms with van der Waals surface area (Å²) in [4.78, 5) is 28.0. The number of halogens is 6. The quantitative estimate of drug-likeness (QED) is 0.382. The van der Waals surface area contributed by atoms with Crippen LogP contribution in [0, 0.1) is 5.92 Å². The van der Waals surface area contributed by atoms with Crippen LogP contribution >= 0.6 is 0 Å². The summed E-state index contributed by atoms with van der Waals surface area (Å²) in [6.45, 7) is 5.30. The first-order valence-corrected chi connectivity index (χ1v) is 12.7. The number of hydrogen-bond acceptors (Lipinski definition) is 5. The monoisotopic (exact) mass is 575 g/mol. The Kier molecular flexibility index (Phi) is 10.3. The van der Waals surface area contributed by atoms with Crippen molar-refractivity contribution in [1.29, 1.82) is 0 Å². The van der Waals surface area contributed by atoms with Gasteiger partial charge in [-0.3, -0.25) is 9.59 Å². The normalized spacial score (nSPS) is 15.9. The van der Waals surface area contributed by atoms with E-state index in [9.17, 15) is 35.9 Å². The van der Waals surface area contributed by atoms with Gasteiger partial charge in [-0.05, 0) is 47.9 Å². The molecule has 7 nitrogen and oxygen atoms in total. The van der Waals surface area contributed by atoms with Crippen molar-refractivity contribution in [3.05, 3.63) is 59.7 Å². The maximum atomic E-state index is 13.5. The zero-order valence-electron chi connectivity index (χ0n) is 21.9. The van der Waals surface area contributed by atoms with Crippen LogP contribution in [-0.2, 0) is 20.5 Å². The molecule has 13 heteroatoms. The van der Waals surface area contributed by atoms with Gasteiger partial charge in [0.25, 0.3) is 0 Å². The minimum absolute atomic E-state index is 0.104. The number of morpholine rings is 1. The van der Waals surface area contributed by atoms with Gasteiger partial charge in [0.05, 0.1) is 24.7 Å². The zero-order valence-corrected chi connectivity index (χ0v) is 21.9. The lowest BCUT2D eigenvalue weighted by Gasteiger charge is -2.30. The van der Waals surface area contributed by atoms with E-state index in [1.54, 1.807) is 4.90 Å². The second-order valence-electron chi connectivity index (χ2n) is 9.68. The molecule has 1 fully saturated rings. The van der Waals surface area contributed by atoms with Crippen LogP contribution in [0.3, 0.4) is 0 Å². The van der Waals surface area contributed by atoms with Crippen molar-refractivity contribution in [1.82, 2.24) is 10.2 Å². The Morgan fingerprint density at radius 1 is 0.950 bits per heavy atom. The van der Waals surface area contributed by atoms with E-state index < -0.39 is 36.0 Å². The van der Waals surface area contributed by atoms with E-state index in [-0.39, 0.29) is 36.1 Å². The molecule has 2 aromatic rings. The van der Waals surface area contributed by atoms with Crippen molar-refractivity contribution in [3.8, 4) is 5.75 Å². The number of alkyl halides is 6. The summed E-state index contributed by atoms with van der Waals surface area (Å²) in [7, 11) is 0. The summed E-state index contributed by atoms with van der Waals surface area (Å²) in [5.74, 6) is -2.37. The molecule has 2 atom stereocenters. The summed E-state index contributed by atoms with van der Waals surface area (Å²) in [6, 6.07) is 8.77. The van der Waals surface area contributed by atoms with E-state index in [4.69, 9.17) is 4.74 Å². The Balaban J connectivity index is 1.73. The predicted molar refractivity (Wildman–Crippen MR) is 135 cm³/mol. The molecule has 40 heavy (non-hydrogen) atoms. The lowest BCUT2D eigenvalue weighted by atomic mass is 9.92.